The highest BCUT2D eigenvalue weighted by atomic mass is 127. The molecule has 1 aromatic carbocycles. The molecule has 0 aliphatic rings. The summed E-state index contributed by atoms with van der Waals surface area (Å²) in [5.74, 6) is 0.899. The lowest BCUT2D eigenvalue weighted by molar-refractivity contribution is -0.128. The largest absolute Gasteiger partial charge is 0.357 e. The second-order valence-corrected chi connectivity index (χ2v) is 7.83. The van der Waals surface area contributed by atoms with Gasteiger partial charge in [-0.25, -0.2) is 0 Å². The maximum absolute atomic E-state index is 11.9. The summed E-state index contributed by atoms with van der Waals surface area (Å²) in [6.45, 7) is 10.5. The van der Waals surface area contributed by atoms with Crippen molar-refractivity contribution < 1.29 is 4.79 Å². The fourth-order valence-electron chi connectivity index (χ4n) is 2.15. The Bertz CT molecular complexity index is 570. The van der Waals surface area contributed by atoms with E-state index in [2.05, 4.69) is 58.0 Å². The van der Waals surface area contributed by atoms with E-state index in [1.54, 1.807) is 11.8 Å². The van der Waals surface area contributed by atoms with Crippen LogP contribution in [0.5, 0.6) is 0 Å². The smallest absolute Gasteiger partial charge is 0.225 e. The van der Waals surface area contributed by atoms with E-state index in [9.17, 15) is 4.79 Å². The fourth-order valence-corrected chi connectivity index (χ4v) is 2.55. The average Bonchev–Trinajstić information content (AvgIpc) is 2.57. The molecule has 0 spiro atoms. The highest BCUT2D eigenvalue weighted by molar-refractivity contribution is 14.0. The average molecular weight is 492 g/mol. The van der Waals surface area contributed by atoms with Crippen LogP contribution in [0.3, 0.4) is 0 Å². The molecule has 0 unspecified atom stereocenters. The monoisotopic (exact) mass is 492 g/mol. The van der Waals surface area contributed by atoms with Gasteiger partial charge in [0, 0.05) is 37.0 Å². The summed E-state index contributed by atoms with van der Waals surface area (Å²) < 4.78 is 0. The molecule has 0 aliphatic heterocycles. The first-order valence-corrected chi connectivity index (χ1v) is 9.91. The lowest BCUT2D eigenvalue weighted by Gasteiger charge is -2.22. The van der Waals surface area contributed by atoms with Crippen molar-refractivity contribution in [1.29, 1.82) is 0 Å². The van der Waals surface area contributed by atoms with Crippen molar-refractivity contribution >= 4 is 47.6 Å². The number of thioether (sulfide) groups is 1. The van der Waals surface area contributed by atoms with Crippen LogP contribution in [-0.2, 0) is 11.3 Å². The molecule has 0 radical (unpaired) electrons. The van der Waals surface area contributed by atoms with E-state index in [4.69, 9.17) is 0 Å². The van der Waals surface area contributed by atoms with E-state index in [0.29, 0.717) is 13.1 Å². The Morgan fingerprint density at radius 3 is 2.31 bits per heavy atom. The first kappa shape index (κ1) is 25.0. The van der Waals surface area contributed by atoms with Gasteiger partial charge in [0.1, 0.15) is 0 Å². The molecular formula is C19H33IN4OS. The van der Waals surface area contributed by atoms with Gasteiger partial charge in [-0.05, 0) is 30.9 Å². The van der Waals surface area contributed by atoms with Crippen molar-refractivity contribution in [2.45, 2.75) is 39.1 Å². The van der Waals surface area contributed by atoms with Gasteiger partial charge in [0.25, 0.3) is 0 Å². The van der Waals surface area contributed by atoms with Gasteiger partial charge in [-0.2, -0.15) is 0 Å². The van der Waals surface area contributed by atoms with Crippen LogP contribution in [-0.4, -0.2) is 49.7 Å². The van der Waals surface area contributed by atoms with Crippen molar-refractivity contribution in [3.63, 3.8) is 0 Å². The minimum atomic E-state index is -0.367. The Balaban J connectivity index is 0.00000625. The molecule has 2 N–H and O–H groups in total. The number of aliphatic imine (C=N–C) groups is 1. The van der Waals surface area contributed by atoms with E-state index < -0.39 is 0 Å². The molecule has 0 atom stereocenters. The minimum absolute atomic E-state index is 0. The van der Waals surface area contributed by atoms with Crippen molar-refractivity contribution in [1.82, 2.24) is 15.5 Å². The minimum Gasteiger partial charge on any atom is -0.357 e. The molecule has 0 fully saturated rings. The lowest BCUT2D eigenvalue weighted by Crippen LogP contribution is -2.40. The number of carbonyl (C=O) groups excluding carboxylic acids is 1. The van der Waals surface area contributed by atoms with E-state index in [-0.39, 0.29) is 35.3 Å². The number of rotatable bonds is 7. The van der Waals surface area contributed by atoms with Gasteiger partial charge in [0.15, 0.2) is 5.96 Å². The number of hydrogen-bond donors (Lipinski definition) is 2. The van der Waals surface area contributed by atoms with Crippen LogP contribution < -0.4 is 10.6 Å². The van der Waals surface area contributed by atoms with Crippen molar-refractivity contribution in [2.24, 2.45) is 10.4 Å². The third-order valence-corrected chi connectivity index (χ3v) is 4.36. The topological polar surface area (TPSA) is 56.7 Å². The molecule has 0 aliphatic carbocycles. The van der Waals surface area contributed by atoms with Crippen LogP contribution in [0.25, 0.3) is 0 Å². The molecule has 0 bridgehead atoms. The van der Waals surface area contributed by atoms with Gasteiger partial charge in [-0.15, -0.1) is 35.7 Å². The molecule has 7 heteroatoms. The summed E-state index contributed by atoms with van der Waals surface area (Å²) in [6.07, 6.45) is 2.08. The molecular weight excluding hydrogens is 459 g/mol. The van der Waals surface area contributed by atoms with Gasteiger partial charge < -0.3 is 15.5 Å². The summed E-state index contributed by atoms with van der Waals surface area (Å²) in [4.78, 5) is 19.9. The van der Waals surface area contributed by atoms with E-state index in [0.717, 1.165) is 19.0 Å². The third-order valence-electron chi connectivity index (χ3n) is 3.62. The zero-order valence-electron chi connectivity index (χ0n) is 16.8. The van der Waals surface area contributed by atoms with Crippen LogP contribution in [0.2, 0.25) is 0 Å². The number of hydrogen-bond acceptors (Lipinski definition) is 3. The molecule has 26 heavy (non-hydrogen) atoms. The fraction of sp³-hybridized carbons (Fsp3) is 0.579. The zero-order chi connectivity index (χ0) is 18.9. The van der Waals surface area contributed by atoms with E-state index in [1.807, 2.05) is 27.8 Å². The highest BCUT2D eigenvalue weighted by Gasteiger charge is 2.20. The molecule has 0 aromatic heterocycles. The Hall–Kier alpha value is -0.960. The van der Waals surface area contributed by atoms with E-state index in [1.165, 1.54) is 10.5 Å². The Morgan fingerprint density at radius 2 is 1.81 bits per heavy atom. The number of nitrogens with zero attached hydrogens (tertiary/aromatic N) is 2. The Kier molecular flexibility index (Phi) is 12.0. The SMILES string of the molecule is CCNC(=NCCNC(=O)C(C)(C)C)N(C)Cc1ccc(SC)cc1.I. The lowest BCUT2D eigenvalue weighted by atomic mass is 9.96. The van der Waals surface area contributed by atoms with Gasteiger partial charge in [0.2, 0.25) is 5.91 Å². The molecule has 1 amide bonds. The van der Waals surface area contributed by atoms with Crippen LogP contribution >= 0.6 is 35.7 Å². The van der Waals surface area contributed by atoms with E-state index >= 15 is 0 Å². The van der Waals surface area contributed by atoms with Crippen molar-refractivity contribution in [3.8, 4) is 0 Å². The van der Waals surface area contributed by atoms with Crippen LogP contribution in [0.1, 0.15) is 33.3 Å². The summed E-state index contributed by atoms with van der Waals surface area (Å²) in [7, 11) is 2.03. The molecule has 0 saturated carbocycles. The summed E-state index contributed by atoms with van der Waals surface area (Å²) in [5, 5.41) is 6.23. The summed E-state index contributed by atoms with van der Waals surface area (Å²) in [6, 6.07) is 8.57. The quantitative estimate of drug-likeness (QED) is 0.201. The number of carbonyl (C=O) groups is 1. The molecule has 148 valence electrons. The second-order valence-electron chi connectivity index (χ2n) is 6.95. The molecule has 5 nitrogen and oxygen atoms in total. The number of nitrogens with one attached hydrogen (secondary N) is 2. The second kappa shape index (κ2) is 12.4. The predicted octanol–water partition coefficient (Wildman–Crippen LogP) is 3.59. The molecule has 1 aromatic rings. The molecule has 1 rings (SSSR count). The standard InChI is InChI=1S/C19H32N4OS.HI/c1-7-20-18(22-13-12-21-17(24)19(2,3)4)23(5)14-15-8-10-16(25-6)11-9-15;/h8-11H,7,12-14H2,1-6H3,(H,20,22)(H,21,24);1H. The number of halogens is 1. The maximum atomic E-state index is 11.9. The van der Waals surface area contributed by atoms with Gasteiger partial charge >= 0.3 is 0 Å². The summed E-state index contributed by atoms with van der Waals surface area (Å²) >= 11 is 1.74. The van der Waals surface area contributed by atoms with Gasteiger partial charge in [0.05, 0.1) is 6.54 Å². The van der Waals surface area contributed by atoms with Crippen LogP contribution in [0.15, 0.2) is 34.2 Å². The normalized spacial score (nSPS) is 11.5. The Labute approximate surface area is 179 Å². The van der Waals surface area contributed by atoms with Crippen LogP contribution in [0, 0.1) is 5.41 Å². The predicted molar refractivity (Wildman–Crippen MR) is 124 cm³/mol. The number of benzene rings is 1. The Morgan fingerprint density at radius 1 is 1.19 bits per heavy atom. The van der Waals surface area contributed by atoms with Crippen molar-refractivity contribution in [3.05, 3.63) is 29.8 Å². The summed E-state index contributed by atoms with van der Waals surface area (Å²) in [5.41, 5.74) is 0.875. The molecule has 0 saturated heterocycles. The first-order valence-electron chi connectivity index (χ1n) is 8.68. The first-order chi connectivity index (χ1) is 11.8. The maximum Gasteiger partial charge on any atom is 0.225 e. The van der Waals surface area contributed by atoms with Gasteiger partial charge in [-0.3, -0.25) is 9.79 Å². The van der Waals surface area contributed by atoms with Crippen LogP contribution in [0.4, 0.5) is 0 Å². The van der Waals surface area contributed by atoms with Gasteiger partial charge in [-0.1, -0.05) is 32.9 Å². The zero-order valence-corrected chi connectivity index (χ0v) is 19.9. The molecule has 0 heterocycles. The van der Waals surface area contributed by atoms with Crippen molar-refractivity contribution in [2.75, 3.05) is 32.9 Å². The number of guanidine groups is 1. The number of amides is 1. The third kappa shape index (κ3) is 9.12. The highest BCUT2D eigenvalue weighted by Crippen LogP contribution is 2.15.